The molecule has 1 aromatic heterocycles. The first-order valence-corrected chi connectivity index (χ1v) is 6.08. The van der Waals surface area contributed by atoms with Crippen LogP contribution < -0.4 is 0 Å². The minimum atomic E-state index is -4.58. The van der Waals surface area contributed by atoms with Crippen LogP contribution in [0.4, 0.5) is 13.2 Å². The summed E-state index contributed by atoms with van der Waals surface area (Å²) in [4.78, 5) is 0. The van der Waals surface area contributed by atoms with Gasteiger partial charge in [0.25, 0.3) is 0 Å². The number of rotatable bonds is 3. The van der Waals surface area contributed by atoms with Crippen molar-refractivity contribution in [3.05, 3.63) is 47.7 Å². The standard InChI is InChI=1S/C14H11F3N4/c1-2-3-6-21-9-13(19-20-21)10-4-5-11(8-18)12(7-10)14(15,16)17/h2-5,7,9H,6H2,1H3. The van der Waals surface area contributed by atoms with Crippen LogP contribution in [0.15, 0.2) is 36.5 Å². The van der Waals surface area contributed by atoms with Crippen LogP contribution in [0.3, 0.4) is 0 Å². The van der Waals surface area contributed by atoms with Crippen molar-refractivity contribution in [2.24, 2.45) is 0 Å². The van der Waals surface area contributed by atoms with Gasteiger partial charge in [-0.3, -0.25) is 0 Å². The second-order valence-corrected chi connectivity index (χ2v) is 4.26. The van der Waals surface area contributed by atoms with Gasteiger partial charge in [-0.2, -0.15) is 18.4 Å². The SMILES string of the molecule is CC=CCn1cc(-c2ccc(C#N)c(C(F)(F)F)c2)nn1. The predicted octanol–water partition coefficient (Wildman–Crippen LogP) is 3.41. The van der Waals surface area contributed by atoms with E-state index in [9.17, 15) is 13.2 Å². The Kier molecular flexibility index (Phi) is 4.08. The lowest BCUT2D eigenvalue weighted by atomic mass is 10.0. The van der Waals surface area contributed by atoms with Gasteiger partial charge in [0, 0.05) is 5.56 Å². The lowest BCUT2D eigenvalue weighted by Crippen LogP contribution is -2.08. The molecular weight excluding hydrogens is 281 g/mol. The zero-order valence-electron chi connectivity index (χ0n) is 11.1. The molecule has 4 nitrogen and oxygen atoms in total. The molecule has 1 aromatic carbocycles. The average Bonchev–Trinajstić information content (AvgIpc) is 2.92. The van der Waals surface area contributed by atoms with Crippen molar-refractivity contribution in [2.45, 2.75) is 19.6 Å². The van der Waals surface area contributed by atoms with Gasteiger partial charge < -0.3 is 0 Å². The summed E-state index contributed by atoms with van der Waals surface area (Å²) in [6.07, 6.45) is 0.659. The maximum Gasteiger partial charge on any atom is 0.417 e. The number of aromatic nitrogens is 3. The molecule has 108 valence electrons. The number of hydrogen-bond acceptors (Lipinski definition) is 3. The minimum absolute atomic E-state index is 0.271. The van der Waals surface area contributed by atoms with Crippen molar-refractivity contribution in [3.8, 4) is 17.3 Å². The highest BCUT2D eigenvalue weighted by atomic mass is 19.4. The predicted molar refractivity (Wildman–Crippen MR) is 70.0 cm³/mol. The molecule has 0 N–H and O–H groups in total. The Labute approximate surface area is 119 Å². The third kappa shape index (κ3) is 3.28. The molecule has 0 radical (unpaired) electrons. The highest BCUT2D eigenvalue weighted by Gasteiger charge is 2.34. The first kappa shape index (κ1) is 14.8. The summed E-state index contributed by atoms with van der Waals surface area (Å²) in [6, 6.07) is 5.03. The molecule has 0 fully saturated rings. The Morgan fingerprint density at radius 3 is 2.76 bits per heavy atom. The van der Waals surface area contributed by atoms with Crippen LogP contribution in [0.2, 0.25) is 0 Å². The van der Waals surface area contributed by atoms with E-state index in [4.69, 9.17) is 5.26 Å². The molecule has 0 spiro atoms. The first-order chi connectivity index (χ1) is 9.95. The summed E-state index contributed by atoms with van der Waals surface area (Å²) in [5.74, 6) is 0. The highest BCUT2D eigenvalue weighted by Crippen LogP contribution is 2.34. The summed E-state index contributed by atoms with van der Waals surface area (Å²) >= 11 is 0. The third-order valence-corrected chi connectivity index (χ3v) is 2.81. The van der Waals surface area contributed by atoms with Crippen molar-refractivity contribution in [1.29, 1.82) is 5.26 Å². The Balaban J connectivity index is 2.41. The fourth-order valence-corrected chi connectivity index (χ4v) is 1.77. The molecule has 0 amide bonds. The first-order valence-electron chi connectivity index (χ1n) is 6.08. The van der Waals surface area contributed by atoms with E-state index in [0.717, 1.165) is 12.1 Å². The van der Waals surface area contributed by atoms with Crippen LogP contribution in [-0.2, 0) is 12.7 Å². The number of nitrogens with zero attached hydrogens (tertiary/aromatic N) is 4. The molecule has 0 bridgehead atoms. The Bertz CT molecular complexity index is 708. The van der Waals surface area contributed by atoms with Gasteiger partial charge >= 0.3 is 6.18 Å². The Hall–Kier alpha value is -2.62. The second-order valence-electron chi connectivity index (χ2n) is 4.26. The number of allylic oxidation sites excluding steroid dienone is 2. The van der Waals surface area contributed by atoms with Crippen LogP contribution in [0.25, 0.3) is 11.3 Å². The average molecular weight is 292 g/mol. The summed E-state index contributed by atoms with van der Waals surface area (Å²) in [7, 11) is 0. The summed E-state index contributed by atoms with van der Waals surface area (Å²) in [6.45, 7) is 2.35. The van der Waals surface area contributed by atoms with Gasteiger partial charge in [0.15, 0.2) is 0 Å². The van der Waals surface area contributed by atoms with E-state index in [1.54, 1.807) is 12.3 Å². The Morgan fingerprint density at radius 1 is 1.38 bits per heavy atom. The van der Waals surface area contributed by atoms with Crippen LogP contribution in [0, 0.1) is 11.3 Å². The molecule has 0 saturated heterocycles. The number of halogens is 3. The van der Waals surface area contributed by atoms with E-state index in [-0.39, 0.29) is 5.56 Å². The fraction of sp³-hybridized carbons (Fsp3) is 0.214. The van der Waals surface area contributed by atoms with Gasteiger partial charge in [0.1, 0.15) is 5.69 Å². The molecule has 1 heterocycles. The zero-order chi connectivity index (χ0) is 15.5. The van der Waals surface area contributed by atoms with Crippen molar-refractivity contribution >= 4 is 0 Å². The molecule has 0 aliphatic carbocycles. The van der Waals surface area contributed by atoms with E-state index in [1.165, 1.54) is 10.7 Å². The van der Waals surface area contributed by atoms with Gasteiger partial charge in [-0.25, -0.2) is 4.68 Å². The maximum absolute atomic E-state index is 12.9. The summed E-state index contributed by atoms with van der Waals surface area (Å²) in [5.41, 5.74) is -0.777. The molecule has 21 heavy (non-hydrogen) atoms. The van der Waals surface area contributed by atoms with Crippen molar-refractivity contribution in [3.63, 3.8) is 0 Å². The Morgan fingerprint density at radius 2 is 2.14 bits per heavy atom. The maximum atomic E-state index is 12.9. The van der Waals surface area contributed by atoms with E-state index in [2.05, 4.69) is 10.3 Å². The second kappa shape index (κ2) is 5.79. The van der Waals surface area contributed by atoms with E-state index >= 15 is 0 Å². The molecule has 0 aliphatic rings. The lowest BCUT2D eigenvalue weighted by molar-refractivity contribution is -0.137. The van der Waals surface area contributed by atoms with Gasteiger partial charge in [-0.15, -0.1) is 5.10 Å². The van der Waals surface area contributed by atoms with E-state index < -0.39 is 17.3 Å². The largest absolute Gasteiger partial charge is 0.417 e. The topological polar surface area (TPSA) is 54.5 Å². The normalized spacial score (nSPS) is 11.8. The molecule has 2 aromatic rings. The highest BCUT2D eigenvalue weighted by molar-refractivity contribution is 5.61. The van der Waals surface area contributed by atoms with Crippen molar-refractivity contribution in [2.75, 3.05) is 0 Å². The van der Waals surface area contributed by atoms with Crippen LogP contribution in [-0.4, -0.2) is 15.0 Å². The molecule has 0 saturated carbocycles. The van der Waals surface area contributed by atoms with E-state index in [0.29, 0.717) is 12.2 Å². The molecule has 7 heteroatoms. The molecule has 0 aliphatic heterocycles. The summed E-state index contributed by atoms with van der Waals surface area (Å²) in [5, 5.41) is 16.4. The number of alkyl halides is 3. The minimum Gasteiger partial charge on any atom is -0.248 e. The zero-order valence-corrected chi connectivity index (χ0v) is 11.1. The number of nitriles is 1. The number of hydrogen-bond donors (Lipinski definition) is 0. The van der Waals surface area contributed by atoms with Crippen LogP contribution >= 0.6 is 0 Å². The van der Waals surface area contributed by atoms with Gasteiger partial charge in [0.2, 0.25) is 0 Å². The van der Waals surface area contributed by atoms with E-state index in [1.807, 2.05) is 19.1 Å². The van der Waals surface area contributed by atoms with Crippen molar-refractivity contribution < 1.29 is 13.2 Å². The fourth-order valence-electron chi connectivity index (χ4n) is 1.77. The molecule has 0 unspecified atom stereocenters. The molecular formula is C14H11F3N4. The quantitative estimate of drug-likeness (QED) is 0.815. The van der Waals surface area contributed by atoms with Crippen LogP contribution in [0.5, 0.6) is 0 Å². The van der Waals surface area contributed by atoms with Crippen molar-refractivity contribution in [1.82, 2.24) is 15.0 Å². The molecule has 0 atom stereocenters. The smallest absolute Gasteiger partial charge is 0.248 e. The van der Waals surface area contributed by atoms with Gasteiger partial charge in [-0.1, -0.05) is 23.4 Å². The monoisotopic (exact) mass is 292 g/mol. The van der Waals surface area contributed by atoms with Gasteiger partial charge in [-0.05, 0) is 19.1 Å². The number of benzene rings is 1. The van der Waals surface area contributed by atoms with Gasteiger partial charge in [0.05, 0.1) is 29.9 Å². The summed E-state index contributed by atoms with van der Waals surface area (Å²) < 4.78 is 40.2. The lowest BCUT2D eigenvalue weighted by Gasteiger charge is -2.09. The molecule has 2 rings (SSSR count). The van der Waals surface area contributed by atoms with Crippen LogP contribution in [0.1, 0.15) is 18.1 Å². The third-order valence-electron chi connectivity index (χ3n) is 2.81.